The Morgan fingerprint density at radius 2 is 1.12 bits per heavy atom. The Morgan fingerprint density at radius 3 is 1.56 bits per heavy atom. The van der Waals surface area contributed by atoms with E-state index in [9.17, 15) is 24.0 Å². The summed E-state index contributed by atoms with van der Waals surface area (Å²) in [5.41, 5.74) is 0. The zero-order valence-electron chi connectivity index (χ0n) is 20.4. The van der Waals surface area contributed by atoms with E-state index in [2.05, 4.69) is 0 Å². The van der Waals surface area contributed by atoms with Gasteiger partial charge in [-0.05, 0) is 27.2 Å². The van der Waals surface area contributed by atoms with E-state index in [1.54, 1.807) is 41.5 Å². The number of hydrogen-bond donors (Lipinski definition) is 3. The molecule has 0 aromatic heterocycles. The van der Waals surface area contributed by atoms with E-state index in [0.29, 0.717) is 46.1 Å². The summed E-state index contributed by atoms with van der Waals surface area (Å²) in [6.45, 7) is 12.4. The molecule has 0 rings (SSSR count). The van der Waals surface area contributed by atoms with Crippen molar-refractivity contribution in [2.75, 3.05) is 65.6 Å². The maximum atomic E-state index is 12.1. The van der Waals surface area contributed by atoms with E-state index in [1.807, 2.05) is 0 Å². The molecule has 0 aromatic carbocycles. The van der Waals surface area contributed by atoms with Crippen LogP contribution in [0.5, 0.6) is 0 Å². The molecule has 0 spiro atoms. The van der Waals surface area contributed by atoms with Gasteiger partial charge in [0.2, 0.25) is 7.37 Å². The largest absolute Gasteiger partial charge is 0.388 e. The second-order valence-electron chi connectivity index (χ2n) is 9.50. The molecule has 0 saturated heterocycles. The first-order chi connectivity index (χ1) is 14.6. The lowest BCUT2D eigenvalue weighted by Gasteiger charge is -2.25. The molecule has 0 aliphatic carbocycles. The summed E-state index contributed by atoms with van der Waals surface area (Å²) >= 11 is 0. The third kappa shape index (κ3) is 14.4. The molecule has 0 aliphatic rings. The van der Waals surface area contributed by atoms with Crippen molar-refractivity contribution >= 4 is 15.0 Å². The molecular weight excluding hydrogens is 462 g/mol. The number of ether oxygens (including phenoxy) is 4. The Hall–Kier alpha value is 0.140. The van der Waals surface area contributed by atoms with Crippen LogP contribution in [-0.4, -0.2) is 96.9 Å². The molecular formula is C20H44O10P2. The minimum atomic E-state index is -3.80. The molecule has 0 radical (unpaired) electrons. The second-order valence-corrected chi connectivity index (χ2v) is 15.3. The van der Waals surface area contributed by atoms with Crippen LogP contribution in [0.25, 0.3) is 0 Å². The van der Waals surface area contributed by atoms with Gasteiger partial charge in [-0.15, -0.1) is 0 Å². The summed E-state index contributed by atoms with van der Waals surface area (Å²) in [6.07, 6.45) is -0.222. The van der Waals surface area contributed by atoms with Crippen molar-refractivity contribution in [1.82, 2.24) is 0 Å². The zero-order valence-corrected chi connectivity index (χ0v) is 22.2. The highest BCUT2D eigenvalue weighted by Gasteiger charge is 2.36. The Balaban J connectivity index is 3.50. The molecule has 0 saturated carbocycles. The van der Waals surface area contributed by atoms with Gasteiger partial charge in [0.25, 0.3) is 0 Å². The van der Waals surface area contributed by atoms with Crippen LogP contribution in [0, 0.1) is 0 Å². The number of aliphatic hydroxyl groups is 1. The molecule has 0 aromatic rings. The highest BCUT2D eigenvalue weighted by molar-refractivity contribution is 7.59. The average molecular weight is 507 g/mol. The summed E-state index contributed by atoms with van der Waals surface area (Å²) in [5.74, 6) is 0. The van der Waals surface area contributed by atoms with Crippen molar-refractivity contribution in [2.24, 2.45) is 0 Å². The fourth-order valence-electron chi connectivity index (χ4n) is 2.02. The van der Waals surface area contributed by atoms with Gasteiger partial charge in [0, 0.05) is 17.9 Å². The van der Waals surface area contributed by atoms with Crippen molar-refractivity contribution < 1.29 is 47.5 Å². The first kappa shape index (κ1) is 32.1. The van der Waals surface area contributed by atoms with Crippen LogP contribution in [0.1, 0.15) is 48.0 Å². The van der Waals surface area contributed by atoms with Crippen LogP contribution in [0.3, 0.4) is 0 Å². The van der Waals surface area contributed by atoms with Crippen LogP contribution in [0.15, 0.2) is 0 Å². The maximum absolute atomic E-state index is 12.1. The van der Waals surface area contributed by atoms with Gasteiger partial charge in [0.05, 0.1) is 58.0 Å². The normalized spacial score (nSPS) is 17.7. The summed E-state index contributed by atoms with van der Waals surface area (Å²) in [7, 11) is -6.96. The fourth-order valence-corrected chi connectivity index (χ4v) is 4.01. The van der Waals surface area contributed by atoms with Crippen LogP contribution >= 0.6 is 15.0 Å². The quantitative estimate of drug-likeness (QED) is 0.188. The van der Waals surface area contributed by atoms with Gasteiger partial charge in [-0.3, -0.25) is 9.13 Å². The van der Waals surface area contributed by atoms with Gasteiger partial charge < -0.3 is 38.4 Å². The van der Waals surface area contributed by atoms with Crippen LogP contribution in [0.2, 0.25) is 0 Å². The maximum Gasteiger partial charge on any atom is 0.333 e. The monoisotopic (exact) mass is 506 g/mol. The molecule has 0 bridgehead atoms. The lowest BCUT2D eigenvalue weighted by molar-refractivity contribution is -0.0253. The molecule has 0 fully saturated rings. The van der Waals surface area contributed by atoms with Crippen LogP contribution < -0.4 is 0 Å². The highest BCUT2D eigenvalue weighted by atomic mass is 31.2. The average Bonchev–Trinajstić information content (AvgIpc) is 2.64. The molecule has 3 atom stereocenters. The Bertz CT molecular complexity index is 586. The summed E-state index contributed by atoms with van der Waals surface area (Å²) in [4.78, 5) is 19.7. The van der Waals surface area contributed by atoms with Crippen molar-refractivity contribution in [1.29, 1.82) is 0 Å². The Morgan fingerprint density at radius 1 is 0.688 bits per heavy atom. The van der Waals surface area contributed by atoms with Gasteiger partial charge in [0.15, 0.2) is 0 Å². The number of rotatable bonds is 18. The number of aliphatic hydroxyl groups excluding tert-OH is 1. The predicted octanol–water partition coefficient (Wildman–Crippen LogP) is 2.87. The molecule has 10 nitrogen and oxygen atoms in total. The molecule has 194 valence electrons. The molecule has 3 unspecified atom stereocenters. The first-order valence-corrected chi connectivity index (χ1v) is 14.3. The van der Waals surface area contributed by atoms with Crippen LogP contribution in [0.4, 0.5) is 0 Å². The minimum absolute atomic E-state index is 0.0250. The van der Waals surface area contributed by atoms with Crippen LogP contribution in [-0.2, 0) is 32.6 Å². The van der Waals surface area contributed by atoms with Crippen molar-refractivity contribution in [3.8, 4) is 0 Å². The molecule has 3 N–H and O–H groups in total. The zero-order chi connectivity index (χ0) is 24.9. The van der Waals surface area contributed by atoms with E-state index >= 15 is 0 Å². The molecule has 0 heterocycles. The van der Waals surface area contributed by atoms with Gasteiger partial charge in [-0.25, -0.2) is 0 Å². The highest BCUT2D eigenvalue weighted by Crippen LogP contribution is 2.55. The summed E-state index contributed by atoms with van der Waals surface area (Å²) in [5, 5.41) is 8.24. The topological polar surface area (TPSA) is 141 Å². The van der Waals surface area contributed by atoms with E-state index < -0.39 is 31.4 Å². The smallest absolute Gasteiger partial charge is 0.333 e. The minimum Gasteiger partial charge on any atom is -0.388 e. The molecule has 12 heteroatoms. The molecule has 0 amide bonds. The Kier molecular flexibility index (Phi) is 15.3. The summed E-state index contributed by atoms with van der Waals surface area (Å²) < 4.78 is 50.3. The van der Waals surface area contributed by atoms with E-state index in [1.165, 1.54) is 0 Å². The summed E-state index contributed by atoms with van der Waals surface area (Å²) in [6, 6.07) is 0. The van der Waals surface area contributed by atoms with E-state index in [-0.39, 0.29) is 26.0 Å². The first-order valence-electron chi connectivity index (χ1n) is 10.9. The fraction of sp³-hybridized carbons (Fsp3) is 1.00. The van der Waals surface area contributed by atoms with Gasteiger partial charge in [0.1, 0.15) is 6.10 Å². The van der Waals surface area contributed by atoms with Gasteiger partial charge in [-0.1, -0.05) is 20.8 Å². The molecule has 32 heavy (non-hydrogen) atoms. The van der Waals surface area contributed by atoms with Gasteiger partial charge in [-0.2, -0.15) is 0 Å². The van der Waals surface area contributed by atoms with Crippen molar-refractivity contribution in [3.63, 3.8) is 0 Å². The predicted molar refractivity (Wildman–Crippen MR) is 124 cm³/mol. The third-order valence-corrected chi connectivity index (χ3v) is 9.73. The SMILES string of the molecule is CC(C)(C)P(=O)(O)CCCOCCOCCOCCOCC(O)COP(=O)(O)C(C)(C)C. The lowest BCUT2D eigenvalue weighted by atomic mass is 10.3. The van der Waals surface area contributed by atoms with E-state index in [0.717, 1.165) is 0 Å². The second kappa shape index (κ2) is 15.2. The lowest BCUT2D eigenvalue weighted by Crippen LogP contribution is -2.25. The van der Waals surface area contributed by atoms with Gasteiger partial charge >= 0.3 is 7.60 Å². The van der Waals surface area contributed by atoms with Crippen molar-refractivity contribution in [2.45, 2.75) is 64.4 Å². The third-order valence-electron chi connectivity index (χ3n) is 4.51. The van der Waals surface area contributed by atoms with E-state index in [4.69, 9.17) is 23.5 Å². The van der Waals surface area contributed by atoms with Crippen molar-refractivity contribution in [3.05, 3.63) is 0 Å². The Labute approximate surface area is 192 Å². The molecule has 0 aliphatic heterocycles. The standard InChI is InChI=1S/C20H44O10P2/c1-19(2,3)31(22,23)15-7-8-26-9-10-27-11-12-28-13-14-29-16-18(21)17-30-32(24,25)20(4,5)6/h18,21H,7-17H2,1-6H3,(H,22,23)(H,24,25). The number of hydrogen-bond acceptors (Lipinski definition) is 8.